The summed E-state index contributed by atoms with van der Waals surface area (Å²) in [6.45, 7) is 1.49. The molecule has 86 valence electrons. The summed E-state index contributed by atoms with van der Waals surface area (Å²) in [5.74, 6) is 0. The van der Waals surface area contributed by atoms with E-state index in [1.54, 1.807) is 6.08 Å². The molecule has 1 aromatic carbocycles. The second-order valence-corrected chi connectivity index (χ2v) is 3.73. The Hall–Kier alpha value is -2.36. The highest BCUT2D eigenvalue weighted by Crippen LogP contribution is 2.13. The van der Waals surface area contributed by atoms with E-state index in [9.17, 15) is 10.1 Å². The van der Waals surface area contributed by atoms with Crippen LogP contribution in [0.5, 0.6) is 0 Å². The van der Waals surface area contributed by atoms with Gasteiger partial charge in [0.1, 0.15) is 0 Å². The summed E-state index contributed by atoms with van der Waals surface area (Å²) >= 11 is 0. The lowest BCUT2D eigenvalue weighted by atomic mass is 10.3. The monoisotopic (exact) mass is 228 g/mol. The molecule has 1 aromatic heterocycles. The Morgan fingerprint density at radius 2 is 2.00 bits per heavy atom. The van der Waals surface area contributed by atoms with Crippen molar-refractivity contribution in [3.8, 4) is 5.69 Å². The van der Waals surface area contributed by atoms with Crippen LogP contribution in [0, 0.1) is 10.1 Å². The van der Waals surface area contributed by atoms with Crippen LogP contribution in [0.15, 0.2) is 54.5 Å². The maximum absolute atomic E-state index is 10.5. The van der Waals surface area contributed by atoms with Gasteiger partial charge >= 0.3 is 0 Å². The third-order valence-corrected chi connectivity index (χ3v) is 2.43. The molecule has 17 heavy (non-hydrogen) atoms. The molecule has 0 N–H and O–H groups in total. The van der Waals surface area contributed by atoms with Gasteiger partial charge < -0.3 is 4.57 Å². The second-order valence-electron chi connectivity index (χ2n) is 3.73. The number of nitro groups is 1. The number of nitrogens with zero attached hydrogens (tertiary/aromatic N) is 2. The first-order chi connectivity index (χ1) is 8.16. The topological polar surface area (TPSA) is 48.1 Å². The first kappa shape index (κ1) is 11.1. The molecule has 0 radical (unpaired) electrons. The molecule has 4 heteroatoms. The van der Waals surface area contributed by atoms with Crippen molar-refractivity contribution in [1.29, 1.82) is 0 Å². The lowest BCUT2D eigenvalue weighted by molar-refractivity contribution is -0.422. The van der Waals surface area contributed by atoms with Crippen molar-refractivity contribution in [3.05, 3.63) is 70.2 Å². The molecular formula is C13H12N2O2. The molecule has 0 atom stereocenters. The van der Waals surface area contributed by atoms with Crippen LogP contribution < -0.4 is 0 Å². The Balaban J connectivity index is 2.29. The number of aromatic nitrogens is 1. The molecule has 0 aliphatic carbocycles. The van der Waals surface area contributed by atoms with Crippen LogP contribution in [0.1, 0.15) is 12.5 Å². The Morgan fingerprint density at radius 1 is 1.29 bits per heavy atom. The molecule has 4 nitrogen and oxygen atoms in total. The van der Waals surface area contributed by atoms with Crippen molar-refractivity contribution in [3.63, 3.8) is 0 Å². The van der Waals surface area contributed by atoms with Gasteiger partial charge in [-0.25, -0.2) is 0 Å². The van der Waals surface area contributed by atoms with Crippen LogP contribution in [0.2, 0.25) is 0 Å². The van der Waals surface area contributed by atoms with Gasteiger partial charge in [0.2, 0.25) is 5.70 Å². The Bertz CT molecular complexity index is 556. The van der Waals surface area contributed by atoms with E-state index < -0.39 is 0 Å². The fourth-order valence-electron chi connectivity index (χ4n) is 1.55. The molecule has 0 amide bonds. The molecule has 0 spiro atoms. The van der Waals surface area contributed by atoms with Crippen LogP contribution in [0.3, 0.4) is 0 Å². The molecule has 0 saturated carbocycles. The van der Waals surface area contributed by atoms with Crippen molar-refractivity contribution in [2.75, 3.05) is 0 Å². The Labute approximate surface area is 99.0 Å². The zero-order valence-electron chi connectivity index (χ0n) is 9.41. The van der Waals surface area contributed by atoms with Crippen molar-refractivity contribution < 1.29 is 4.92 Å². The standard InChI is InChI=1S/C13H12N2O2/c1-11(15(16)17)9-12-7-8-14(10-12)13-5-3-2-4-6-13/h2-10H,1H3/b11-9+. The average molecular weight is 228 g/mol. The van der Waals surface area contributed by atoms with E-state index in [0.29, 0.717) is 0 Å². The zero-order chi connectivity index (χ0) is 12.3. The summed E-state index contributed by atoms with van der Waals surface area (Å²) < 4.78 is 1.93. The number of allylic oxidation sites excluding steroid dienone is 1. The minimum absolute atomic E-state index is 0.135. The molecule has 0 unspecified atom stereocenters. The van der Waals surface area contributed by atoms with E-state index in [4.69, 9.17) is 0 Å². The molecule has 2 aromatic rings. The lowest BCUT2D eigenvalue weighted by Gasteiger charge is -2.00. The summed E-state index contributed by atoms with van der Waals surface area (Å²) in [6.07, 6.45) is 5.30. The van der Waals surface area contributed by atoms with Crippen molar-refractivity contribution in [2.45, 2.75) is 6.92 Å². The SMILES string of the molecule is C/C(=C\c1ccn(-c2ccccc2)c1)[N+](=O)[O-]. The first-order valence-electron chi connectivity index (χ1n) is 5.23. The van der Waals surface area contributed by atoms with Gasteiger partial charge in [-0.05, 0) is 23.8 Å². The van der Waals surface area contributed by atoms with Crippen LogP contribution >= 0.6 is 0 Å². The van der Waals surface area contributed by atoms with E-state index in [-0.39, 0.29) is 10.6 Å². The highest BCUT2D eigenvalue weighted by Gasteiger charge is 2.03. The van der Waals surface area contributed by atoms with Crippen LogP contribution in [0.25, 0.3) is 11.8 Å². The molecule has 1 heterocycles. The molecule has 0 fully saturated rings. The average Bonchev–Trinajstić information content (AvgIpc) is 2.78. The summed E-state index contributed by atoms with van der Waals surface area (Å²) in [4.78, 5) is 10.1. The number of benzene rings is 1. The van der Waals surface area contributed by atoms with E-state index in [2.05, 4.69) is 0 Å². The maximum atomic E-state index is 10.5. The lowest BCUT2D eigenvalue weighted by Crippen LogP contribution is -1.92. The van der Waals surface area contributed by atoms with E-state index in [0.717, 1.165) is 11.3 Å². The minimum Gasteiger partial charge on any atom is -0.323 e. The molecule has 2 rings (SSSR count). The van der Waals surface area contributed by atoms with Gasteiger partial charge in [-0.3, -0.25) is 10.1 Å². The normalized spacial score (nSPS) is 11.5. The van der Waals surface area contributed by atoms with Crippen molar-refractivity contribution in [2.24, 2.45) is 0 Å². The number of hydrogen-bond acceptors (Lipinski definition) is 2. The third kappa shape index (κ3) is 2.60. The largest absolute Gasteiger partial charge is 0.323 e. The summed E-state index contributed by atoms with van der Waals surface area (Å²) in [5, 5.41) is 10.5. The van der Waals surface area contributed by atoms with E-state index >= 15 is 0 Å². The quantitative estimate of drug-likeness (QED) is 0.598. The summed E-state index contributed by atoms with van der Waals surface area (Å²) in [7, 11) is 0. The number of hydrogen-bond donors (Lipinski definition) is 0. The van der Waals surface area contributed by atoms with Gasteiger partial charge in [-0.1, -0.05) is 18.2 Å². The van der Waals surface area contributed by atoms with Crippen LogP contribution in [-0.4, -0.2) is 9.49 Å². The van der Waals surface area contributed by atoms with E-state index in [1.165, 1.54) is 6.92 Å². The fourth-order valence-corrected chi connectivity index (χ4v) is 1.55. The van der Waals surface area contributed by atoms with Gasteiger partial charge in [0.25, 0.3) is 0 Å². The Kier molecular flexibility index (Phi) is 3.05. The predicted octanol–water partition coefficient (Wildman–Crippen LogP) is 3.11. The van der Waals surface area contributed by atoms with Crippen LogP contribution in [0.4, 0.5) is 0 Å². The summed E-state index contributed by atoms with van der Waals surface area (Å²) in [6, 6.07) is 11.7. The van der Waals surface area contributed by atoms with Gasteiger partial charge in [-0.2, -0.15) is 0 Å². The highest BCUT2D eigenvalue weighted by atomic mass is 16.6. The molecule has 0 aliphatic heterocycles. The van der Waals surface area contributed by atoms with Gasteiger partial charge in [0.05, 0.1) is 4.92 Å². The van der Waals surface area contributed by atoms with Crippen molar-refractivity contribution >= 4 is 6.08 Å². The van der Waals surface area contributed by atoms with Gasteiger partial charge in [0.15, 0.2) is 0 Å². The van der Waals surface area contributed by atoms with Gasteiger partial charge in [-0.15, -0.1) is 0 Å². The molecule has 0 aliphatic rings. The molecular weight excluding hydrogens is 216 g/mol. The first-order valence-corrected chi connectivity index (χ1v) is 5.23. The number of rotatable bonds is 3. The minimum atomic E-state index is -0.389. The number of para-hydroxylation sites is 1. The smallest absolute Gasteiger partial charge is 0.243 e. The van der Waals surface area contributed by atoms with Crippen molar-refractivity contribution in [1.82, 2.24) is 4.57 Å². The second kappa shape index (κ2) is 4.65. The fraction of sp³-hybridized carbons (Fsp3) is 0.0769. The molecule has 0 bridgehead atoms. The van der Waals surface area contributed by atoms with Crippen LogP contribution in [-0.2, 0) is 0 Å². The maximum Gasteiger partial charge on any atom is 0.243 e. The predicted molar refractivity (Wildman–Crippen MR) is 66.4 cm³/mol. The van der Waals surface area contributed by atoms with Gasteiger partial charge in [0, 0.05) is 31.1 Å². The zero-order valence-corrected chi connectivity index (χ0v) is 9.41. The third-order valence-electron chi connectivity index (χ3n) is 2.43. The highest BCUT2D eigenvalue weighted by molar-refractivity contribution is 5.51. The van der Waals surface area contributed by atoms with E-state index in [1.807, 2.05) is 53.4 Å². The molecule has 0 saturated heterocycles. The Morgan fingerprint density at radius 3 is 2.65 bits per heavy atom. The summed E-state index contributed by atoms with van der Waals surface area (Å²) in [5.41, 5.74) is 1.99.